The highest BCUT2D eigenvalue weighted by Gasteiger charge is 2.10. The second-order valence-corrected chi connectivity index (χ2v) is 4.37. The molecule has 0 aliphatic rings. The van der Waals surface area contributed by atoms with Gasteiger partial charge >= 0.3 is 0 Å². The van der Waals surface area contributed by atoms with Gasteiger partial charge in [-0.2, -0.15) is 5.26 Å². The number of hydrogen-bond donors (Lipinski definition) is 0. The van der Waals surface area contributed by atoms with Crippen LogP contribution in [0.4, 0.5) is 0 Å². The van der Waals surface area contributed by atoms with Crippen LogP contribution in [0.15, 0.2) is 54.6 Å². The van der Waals surface area contributed by atoms with E-state index in [1.807, 2.05) is 61.5 Å². The largest absolute Gasteiger partial charge is 0.494 e. The van der Waals surface area contributed by atoms with E-state index in [-0.39, 0.29) is 5.92 Å². The summed E-state index contributed by atoms with van der Waals surface area (Å²) in [7, 11) is 0. The minimum atomic E-state index is -0.0980. The van der Waals surface area contributed by atoms with Crippen LogP contribution in [0, 0.1) is 11.3 Å². The van der Waals surface area contributed by atoms with E-state index in [9.17, 15) is 5.26 Å². The first-order valence-corrected chi connectivity index (χ1v) is 6.49. The molecule has 1 atom stereocenters. The van der Waals surface area contributed by atoms with Crippen molar-refractivity contribution in [3.8, 4) is 11.8 Å². The number of ether oxygens (including phenoxy) is 1. The fraction of sp³-hybridized carbons (Fsp3) is 0.235. The summed E-state index contributed by atoms with van der Waals surface area (Å²) < 4.78 is 5.41. The lowest BCUT2D eigenvalue weighted by Gasteiger charge is -2.10. The van der Waals surface area contributed by atoms with Crippen LogP contribution in [0.1, 0.15) is 24.0 Å². The van der Waals surface area contributed by atoms with Gasteiger partial charge in [0.25, 0.3) is 0 Å². The molecular weight excluding hydrogens is 234 g/mol. The first kappa shape index (κ1) is 13.2. The molecule has 0 heterocycles. The van der Waals surface area contributed by atoms with Gasteiger partial charge in [0.1, 0.15) is 5.75 Å². The predicted molar refractivity (Wildman–Crippen MR) is 76.1 cm³/mol. The number of hydrogen-bond acceptors (Lipinski definition) is 2. The maximum Gasteiger partial charge on any atom is 0.119 e. The second kappa shape index (κ2) is 6.61. The van der Waals surface area contributed by atoms with Crippen LogP contribution in [-0.2, 0) is 6.42 Å². The maximum absolute atomic E-state index is 9.30. The highest BCUT2D eigenvalue weighted by Crippen LogP contribution is 2.21. The van der Waals surface area contributed by atoms with Crippen LogP contribution in [0.3, 0.4) is 0 Å². The van der Waals surface area contributed by atoms with Crippen molar-refractivity contribution < 1.29 is 4.74 Å². The Morgan fingerprint density at radius 3 is 2.32 bits per heavy atom. The molecule has 2 nitrogen and oxygen atoms in total. The first-order chi connectivity index (χ1) is 9.33. The van der Waals surface area contributed by atoms with Gasteiger partial charge in [0.2, 0.25) is 0 Å². The Morgan fingerprint density at radius 1 is 1.05 bits per heavy atom. The zero-order valence-corrected chi connectivity index (χ0v) is 11.0. The van der Waals surface area contributed by atoms with Crippen LogP contribution >= 0.6 is 0 Å². The molecule has 0 aliphatic heterocycles. The molecule has 2 aromatic rings. The smallest absolute Gasteiger partial charge is 0.119 e. The molecule has 2 rings (SSSR count). The maximum atomic E-state index is 9.30. The molecule has 96 valence electrons. The molecule has 0 saturated carbocycles. The number of benzene rings is 2. The number of nitriles is 1. The van der Waals surface area contributed by atoms with Crippen molar-refractivity contribution in [3.63, 3.8) is 0 Å². The van der Waals surface area contributed by atoms with Gasteiger partial charge in [-0.05, 0) is 36.6 Å². The van der Waals surface area contributed by atoms with E-state index in [0.29, 0.717) is 6.61 Å². The lowest BCUT2D eigenvalue weighted by molar-refractivity contribution is 0.340. The van der Waals surface area contributed by atoms with E-state index in [1.54, 1.807) is 0 Å². The van der Waals surface area contributed by atoms with Gasteiger partial charge < -0.3 is 4.74 Å². The SMILES string of the molecule is CCOc1ccc(CC(C#N)c2ccccc2)cc1. The fourth-order valence-electron chi connectivity index (χ4n) is 2.05. The molecule has 0 fully saturated rings. The molecule has 0 amide bonds. The van der Waals surface area contributed by atoms with Crippen molar-refractivity contribution in [1.82, 2.24) is 0 Å². The summed E-state index contributed by atoms with van der Waals surface area (Å²) in [4.78, 5) is 0. The van der Waals surface area contributed by atoms with Crippen molar-refractivity contribution in [1.29, 1.82) is 5.26 Å². The average Bonchev–Trinajstić information content (AvgIpc) is 2.48. The molecule has 0 saturated heterocycles. The summed E-state index contributed by atoms with van der Waals surface area (Å²) >= 11 is 0. The van der Waals surface area contributed by atoms with Gasteiger partial charge in [-0.15, -0.1) is 0 Å². The summed E-state index contributed by atoms with van der Waals surface area (Å²) in [5.41, 5.74) is 2.22. The van der Waals surface area contributed by atoms with Crippen molar-refractivity contribution in [2.45, 2.75) is 19.3 Å². The molecule has 0 radical (unpaired) electrons. The average molecular weight is 251 g/mol. The monoisotopic (exact) mass is 251 g/mol. The van der Waals surface area contributed by atoms with Crippen LogP contribution in [-0.4, -0.2) is 6.61 Å². The minimum absolute atomic E-state index is 0.0980. The lowest BCUT2D eigenvalue weighted by Crippen LogP contribution is -2.00. The zero-order chi connectivity index (χ0) is 13.5. The van der Waals surface area contributed by atoms with Crippen LogP contribution in [0.2, 0.25) is 0 Å². The second-order valence-electron chi connectivity index (χ2n) is 4.37. The van der Waals surface area contributed by atoms with Crippen molar-refractivity contribution in [3.05, 3.63) is 65.7 Å². The zero-order valence-electron chi connectivity index (χ0n) is 11.0. The Labute approximate surface area is 114 Å². The highest BCUT2D eigenvalue weighted by atomic mass is 16.5. The fourth-order valence-corrected chi connectivity index (χ4v) is 2.05. The van der Waals surface area contributed by atoms with Crippen LogP contribution < -0.4 is 4.74 Å². The Hall–Kier alpha value is -2.27. The van der Waals surface area contributed by atoms with Gasteiger partial charge in [0.15, 0.2) is 0 Å². The molecule has 0 aromatic heterocycles. The van der Waals surface area contributed by atoms with E-state index >= 15 is 0 Å². The third-order valence-electron chi connectivity index (χ3n) is 3.03. The standard InChI is InChI=1S/C17H17NO/c1-2-19-17-10-8-14(9-11-17)12-16(13-18)15-6-4-3-5-7-15/h3-11,16H,2,12H2,1H3. The van der Waals surface area contributed by atoms with E-state index in [4.69, 9.17) is 4.74 Å². The Morgan fingerprint density at radius 2 is 1.74 bits per heavy atom. The summed E-state index contributed by atoms with van der Waals surface area (Å²) in [6.07, 6.45) is 0.729. The third-order valence-corrected chi connectivity index (χ3v) is 3.03. The van der Waals surface area contributed by atoms with Gasteiger partial charge in [-0.3, -0.25) is 0 Å². The molecule has 19 heavy (non-hydrogen) atoms. The van der Waals surface area contributed by atoms with E-state index in [0.717, 1.165) is 23.3 Å². The highest BCUT2D eigenvalue weighted by molar-refractivity contribution is 5.32. The Balaban J connectivity index is 2.09. The molecule has 1 unspecified atom stereocenters. The molecule has 0 bridgehead atoms. The number of nitrogens with zero attached hydrogens (tertiary/aromatic N) is 1. The Bertz CT molecular complexity index is 540. The predicted octanol–water partition coefficient (Wildman–Crippen LogP) is 3.94. The summed E-state index contributed by atoms with van der Waals surface area (Å²) in [6.45, 7) is 2.64. The van der Waals surface area contributed by atoms with E-state index in [1.165, 1.54) is 0 Å². The molecular formula is C17H17NO. The first-order valence-electron chi connectivity index (χ1n) is 6.49. The van der Waals surface area contributed by atoms with Crippen molar-refractivity contribution >= 4 is 0 Å². The summed E-state index contributed by atoms with van der Waals surface area (Å²) in [5, 5.41) is 9.30. The molecule has 0 aliphatic carbocycles. The third kappa shape index (κ3) is 3.59. The van der Waals surface area contributed by atoms with Gasteiger partial charge in [-0.1, -0.05) is 42.5 Å². The van der Waals surface area contributed by atoms with Crippen molar-refractivity contribution in [2.24, 2.45) is 0 Å². The summed E-state index contributed by atoms with van der Waals surface area (Å²) in [5.74, 6) is 0.776. The van der Waals surface area contributed by atoms with Gasteiger partial charge in [0, 0.05) is 0 Å². The van der Waals surface area contributed by atoms with Gasteiger partial charge in [-0.25, -0.2) is 0 Å². The van der Waals surface area contributed by atoms with E-state index < -0.39 is 0 Å². The molecule has 0 spiro atoms. The normalized spacial score (nSPS) is 11.6. The Kier molecular flexibility index (Phi) is 4.58. The van der Waals surface area contributed by atoms with Crippen molar-refractivity contribution in [2.75, 3.05) is 6.61 Å². The van der Waals surface area contributed by atoms with Gasteiger partial charge in [0.05, 0.1) is 18.6 Å². The molecule has 2 aromatic carbocycles. The topological polar surface area (TPSA) is 33.0 Å². The molecule has 0 N–H and O–H groups in total. The van der Waals surface area contributed by atoms with Crippen LogP contribution in [0.25, 0.3) is 0 Å². The summed E-state index contributed by atoms with van der Waals surface area (Å²) in [6, 6.07) is 20.3. The number of rotatable bonds is 5. The lowest BCUT2D eigenvalue weighted by atomic mass is 9.93. The molecule has 2 heteroatoms. The minimum Gasteiger partial charge on any atom is -0.494 e. The van der Waals surface area contributed by atoms with Crippen LogP contribution in [0.5, 0.6) is 5.75 Å². The quantitative estimate of drug-likeness (QED) is 0.806. The van der Waals surface area contributed by atoms with E-state index in [2.05, 4.69) is 6.07 Å².